The van der Waals surface area contributed by atoms with Crippen molar-refractivity contribution < 1.29 is 9.59 Å². The van der Waals surface area contributed by atoms with Crippen molar-refractivity contribution in [2.45, 2.75) is 70.4 Å². The molecule has 0 atom stereocenters. The number of carbonyl (C=O) groups excluding carboxylic acids is 2. The number of hydrogen-bond acceptors (Lipinski definition) is 6. The number of fused-ring (bicyclic) bond motifs is 1. The fourth-order valence-electron chi connectivity index (χ4n) is 5.06. The van der Waals surface area contributed by atoms with E-state index in [0.717, 1.165) is 44.3 Å². The van der Waals surface area contributed by atoms with Crippen molar-refractivity contribution in [2.24, 2.45) is 5.73 Å². The highest BCUT2D eigenvalue weighted by Gasteiger charge is 2.30. The van der Waals surface area contributed by atoms with Gasteiger partial charge in [-0.1, -0.05) is 12.1 Å². The van der Waals surface area contributed by atoms with Gasteiger partial charge in [0.2, 0.25) is 5.95 Å². The number of aryl methyl sites for hydroxylation is 1. The second kappa shape index (κ2) is 9.77. The van der Waals surface area contributed by atoms with Crippen LogP contribution in [0.5, 0.6) is 0 Å². The second-order valence-electron chi connectivity index (χ2n) is 9.36. The fourth-order valence-corrected chi connectivity index (χ4v) is 5.06. The number of anilines is 3. The summed E-state index contributed by atoms with van der Waals surface area (Å²) in [6, 6.07) is 6.91. The van der Waals surface area contributed by atoms with Gasteiger partial charge in [0.05, 0.1) is 5.69 Å². The van der Waals surface area contributed by atoms with E-state index >= 15 is 0 Å². The lowest BCUT2D eigenvalue weighted by molar-refractivity contribution is 0.101. The van der Waals surface area contributed by atoms with Gasteiger partial charge in [0.25, 0.3) is 0 Å². The number of amides is 2. The predicted molar refractivity (Wildman–Crippen MR) is 131 cm³/mol. The minimum atomic E-state index is -0.485. The SMILES string of the molecule is CC(=O)c1cccc(N(C(N)=O)[C@H]2CC[C@@H](Nc3nc4c(c(N(C)C)n3)CCCC4)CC2)c1. The van der Waals surface area contributed by atoms with Crippen LogP contribution in [0.25, 0.3) is 0 Å². The average Bonchev–Trinajstić information content (AvgIpc) is 2.79. The molecule has 4 rings (SSSR count). The Hall–Kier alpha value is -3.16. The predicted octanol–water partition coefficient (Wildman–Crippen LogP) is 3.93. The largest absolute Gasteiger partial charge is 0.362 e. The number of Topliss-reactive ketones (excluding diaryl/α,β-unsaturated/α-hetero) is 1. The number of rotatable bonds is 6. The van der Waals surface area contributed by atoms with E-state index in [4.69, 9.17) is 15.7 Å². The quantitative estimate of drug-likeness (QED) is 0.646. The van der Waals surface area contributed by atoms with E-state index in [0.29, 0.717) is 17.2 Å². The topological polar surface area (TPSA) is 104 Å². The Morgan fingerprint density at radius 3 is 2.45 bits per heavy atom. The number of carbonyl (C=O) groups is 2. The van der Waals surface area contributed by atoms with Gasteiger partial charge < -0.3 is 16.0 Å². The van der Waals surface area contributed by atoms with Crippen molar-refractivity contribution >= 4 is 29.3 Å². The molecule has 2 amide bonds. The number of hydrogen-bond donors (Lipinski definition) is 2. The van der Waals surface area contributed by atoms with E-state index in [1.54, 1.807) is 23.1 Å². The Bertz CT molecular complexity index is 1030. The van der Waals surface area contributed by atoms with Crippen molar-refractivity contribution in [1.82, 2.24) is 9.97 Å². The molecule has 1 aromatic carbocycles. The number of aromatic nitrogens is 2. The van der Waals surface area contributed by atoms with Gasteiger partial charge >= 0.3 is 6.03 Å². The molecule has 2 aliphatic rings. The summed E-state index contributed by atoms with van der Waals surface area (Å²) in [5, 5.41) is 3.55. The van der Waals surface area contributed by atoms with Crippen molar-refractivity contribution in [2.75, 3.05) is 29.2 Å². The van der Waals surface area contributed by atoms with Gasteiger partial charge in [-0.15, -0.1) is 0 Å². The monoisotopic (exact) mass is 450 g/mol. The highest BCUT2D eigenvalue weighted by atomic mass is 16.2. The third kappa shape index (κ3) is 5.10. The molecule has 33 heavy (non-hydrogen) atoms. The zero-order chi connectivity index (χ0) is 23.5. The molecule has 1 heterocycles. The van der Waals surface area contributed by atoms with E-state index in [9.17, 15) is 9.59 Å². The molecule has 8 nitrogen and oxygen atoms in total. The van der Waals surface area contributed by atoms with Crippen LogP contribution in [0.1, 0.15) is 67.1 Å². The summed E-state index contributed by atoms with van der Waals surface area (Å²) in [6.07, 6.45) is 7.83. The standard InChI is InChI=1S/C25H34N6O2/c1-16(32)17-7-6-8-20(15-17)31(24(26)33)19-13-11-18(12-14-19)27-25-28-22-10-5-4-9-21(22)23(29-25)30(2)3/h6-8,15,18-19H,4-5,9-14H2,1-3H3,(H2,26,33)(H,27,28,29)/t18-,19+. The molecular weight excluding hydrogens is 416 g/mol. The van der Waals surface area contributed by atoms with Gasteiger partial charge in [-0.3, -0.25) is 9.69 Å². The molecule has 2 aromatic rings. The minimum Gasteiger partial charge on any atom is -0.362 e. The Labute approximate surface area is 195 Å². The first-order chi connectivity index (χ1) is 15.8. The summed E-state index contributed by atoms with van der Waals surface area (Å²) in [5.41, 5.74) is 9.47. The summed E-state index contributed by atoms with van der Waals surface area (Å²) >= 11 is 0. The zero-order valence-corrected chi connectivity index (χ0v) is 19.8. The first kappa shape index (κ1) is 23.0. The van der Waals surface area contributed by atoms with Crippen LogP contribution < -0.4 is 20.9 Å². The Kier molecular flexibility index (Phi) is 6.81. The summed E-state index contributed by atoms with van der Waals surface area (Å²) in [4.78, 5) is 37.5. The number of urea groups is 1. The Balaban J connectivity index is 1.45. The van der Waals surface area contributed by atoms with Crippen LogP contribution in [0.2, 0.25) is 0 Å². The smallest absolute Gasteiger partial charge is 0.319 e. The van der Waals surface area contributed by atoms with Crippen molar-refractivity contribution in [3.63, 3.8) is 0 Å². The lowest BCUT2D eigenvalue weighted by Crippen LogP contribution is -2.47. The van der Waals surface area contributed by atoms with Crippen molar-refractivity contribution in [3.8, 4) is 0 Å². The third-order valence-electron chi connectivity index (χ3n) is 6.75. The summed E-state index contributed by atoms with van der Waals surface area (Å²) in [5.74, 6) is 1.68. The third-order valence-corrected chi connectivity index (χ3v) is 6.75. The summed E-state index contributed by atoms with van der Waals surface area (Å²) in [6.45, 7) is 1.52. The Morgan fingerprint density at radius 1 is 1.06 bits per heavy atom. The zero-order valence-electron chi connectivity index (χ0n) is 19.8. The molecule has 0 unspecified atom stereocenters. The highest BCUT2D eigenvalue weighted by Crippen LogP contribution is 2.31. The normalized spacial score (nSPS) is 20.0. The van der Waals surface area contributed by atoms with Gasteiger partial charge in [0.1, 0.15) is 5.82 Å². The van der Waals surface area contributed by atoms with Gasteiger partial charge in [-0.05, 0) is 70.4 Å². The molecular formula is C25H34N6O2. The lowest BCUT2D eigenvalue weighted by Gasteiger charge is -2.36. The molecule has 2 aliphatic carbocycles. The molecule has 0 bridgehead atoms. The maximum atomic E-state index is 12.3. The van der Waals surface area contributed by atoms with Crippen molar-refractivity contribution in [1.29, 1.82) is 0 Å². The van der Waals surface area contributed by atoms with Crippen LogP contribution in [0.4, 0.5) is 22.2 Å². The maximum Gasteiger partial charge on any atom is 0.319 e. The summed E-state index contributed by atoms with van der Waals surface area (Å²) in [7, 11) is 4.07. The number of benzene rings is 1. The molecule has 1 fully saturated rings. The second-order valence-corrected chi connectivity index (χ2v) is 9.36. The first-order valence-corrected chi connectivity index (χ1v) is 11.9. The van der Waals surface area contributed by atoms with Crippen LogP contribution in [-0.2, 0) is 12.8 Å². The molecule has 3 N–H and O–H groups in total. The van der Waals surface area contributed by atoms with Crippen LogP contribution >= 0.6 is 0 Å². The van der Waals surface area contributed by atoms with E-state index in [-0.39, 0.29) is 17.9 Å². The molecule has 0 spiro atoms. The van der Waals surface area contributed by atoms with Crippen LogP contribution in [0.15, 0.2) is 24.3 Å². The Morgan fingerprint density at radius 2 is 1.79 bits per heavy atom. The number of primary amides is 1. The molecule has 0 radical (unpaired) electrons. The number of nitrogens with zero attached hydrogens (tertiary/aromatic N) is 4. The molecule has 176 valence electrons. The summed E-state index contributed by atoms with van der Waals surface area (Å²) < 4.78 is 0. The first-order valence-electron chi connectivity index (χ1n) is 11.9. The molecule has 8 heteroatoms. The molecule has 0 saturated heterocycles. The van der Waals surface area contributed by atoms with Gasteiger partial charge in [0.15, 0.2) is 5.78 Å². The lowest BCUT2D eigenvalue weighted by atomic mass is 9.90. The number of ketones is 1. The maximum absolute atomic E-state index is 12.3. The van der Waals surface area contributed by atoms with Gasteiger partial charge in [-0.2, -0.15) is 4.98 Å². The molecule has 1 aromatic heterocycles. The van der Waals surface area contributed by atoms with Crippen molar-refractivity contribution in [3.05, 3.63) is 41.1 Å². The van der Waals surface area contributed by atoms with Crippen LogP contribution in [0.3, 0.4) is 0 Å². The molecule has 0 aliphatic heterocycles. The van der Waals surface area contributed by atoms with Gasteiger partial charge in [-0.25, -0.2) is 9.78 Å². The van der Waals surface area contributed by atoms with Gasteiger partial charge in [0, 0.05) is 43.0 Å². The van der Waals surface area contributed by atoms with E-state index in [1.807, 2.05) is 20.2 Å². The highest BCUT2D eigenvalue weighted by molar-refractivity contribution is 5.97. The number of nitrogens with two attached hydrogens (primary N) is 1. The fraction of sp³-hybridized carbons (Fsp3) is 0.520. The number of nitrogens with one attached hydrogen (secondary N) is 1. The molecule has 1 saturated carbocycles. The van der Waals surface area contributed by atoms with Crippen LogP contribution in [-0.4, -0.2) is 48.0 Å². The van der Waals surface area contributed by atoms with E-state index in [2.05, 4.69) is 10.2 Å². The van der Waals surface area contributed by atoms with E-state index < -0.39 is 6.03 Å². The van der Waals surface area contributed by atoms with Crippen LogP contribution in [0, 0.1) is 0 Å². The van der Waals surface area contributed by atoms with E-state index in [1.165, 1.54) is 31.0 Å². The average molecular weight is 451 g/mol. The minimum absolute atomic E-state index is 0.00421.